The Kier molecular flexibility index (Phi) is 4.81. The van der Waals surface area contributed by atoms with Crippen molar-refractivity contribution in [3.8, 4) is 0 Å². The Morgan fingerprint density at radius 2 is 2.00 bits per heavy atom. The van der Waals surface area contributed by atoms with Crippen molar-refractivity contribution in [1.82, 2.24) is 13.9 Å². The summed E-state index contributed by atoms with van der Waals surface area (Å²) in [7, 11) is -3.94. The number of oxazole rings is 1. The highest BCUT2D eigenvalue weighted by molar-refractivity contribution is 9.10. The van der Waals surface area contributed by atoms with Crippen molar-refractivity contribution in [2.75, 3.05) is 4.72 Å². The summed E-state index contributed by atoms with van der Waals surface area (Å²) in [5.74, 6) is -0.565. The first-order valence-corrected chi connectivity index (χ1v) is 11.1. The van der Waals surface area contributed by atoms with E-state index in [4.69, 9.17) is 4.42 Å². The van der Waals surface area contributed by atoms with Gasteiger partial charge in [-0.15, -0.1) is 0 Å². The molecule has 0 aliphatic rings. The highest BCUT2D eigenvalue weighted by atomic mass is 79.9. The molecule has 11 heteroatoms. The van der Waals surface area contributed by atoms with Gasteiger partial charge in [0.15, 0.2) is 5.58 Å². The summed E-state index contributed by atoms with van der Waals surface area (Å²) in [6.07, 6.45) is 1.25. The number of nitrogens with zero attached hydrogens (tertiary/aromatic N) is 3. The number of hydrogen-bond acceptors (Lipinski definition) is 7. The van der Waals surface area contributed by atoms with E-state index in [-0.39, 0.29) is 21.7 Å². The smallest absolute Gasteiger partial charge is 0.408 e. The molecule has 2 heterocycles. The van der Waals surface area contributed by atoms with Gasteiger partial charge < -0.3 is 4.42 Å². The molecule has 0 saturated heterocycles. The van der Waals surface area contributed by atoms with Crippen LogP contribution in [-0.4, -0.2) is 22.3 Å². The van der Waals surface area contributed by atoms with Crippen molar-refractivity contribution in [3.05, 3.63) is 69.4 Å². The SMILES string of the molecule is CC(c1ccccc1)n1c(=O)oc2cc(S(=O)(=O)Nc3ncns3)c(Br)cc21. The Hall–Kier alpha value is -2.50. The van der Waals surface area contributed by atoms with Crippen LogP contribution in [0, 0.1) is 0 Å². The zero-order valence-corrected chi connectivity index (χ0v) is 17.6. The van der Waals surface area contributed by atoms with Gasteiger partial charge in [-0.05, 0) is 34.5 Å². The predicted molar refractivity (Wildman–Crippen MR) is 109 cm³/mol. The number of sulfonamides is 1. The minimum absolute atomic E-state index is 0.0662. The van der Waals surface area contributed by atoms with Crippen LogP contribution in [0.4, 0.5) is 5.13 Å². The second kappa shape index (κ2) is 7.15. The first-order chi connectivity index (χ1) is 13.4. The monoisotopic (exact) mass is 480 g/mol. The van der Waals surface area contributed by atoms with Crippen LogP contribution < -0.4 is 10.5 Å². The summed E-state index contributed by atoms with van der Waals surface area (Å²) in [5.41, 5.74) is 1.59. The summed E-state index contributed by atoms with van der Waals surface area (Å²) < 4.78 is 38.6. The quantitative estimate of drug-likeness (QED) is 0.467. The van der Waals surface area contributed by atoms with E-state index in [1.807, 2.05) is 37.3 Å². The maximum absolute atomic E-state index is 12.7. The van der Waals surface area contributed by atoms with Gasteiger partial charge in [-0.3, -0.25) is 9.29 Å². The Labute approximate surface area is 172 Å². The fourth-order valence-corrected chi connectivity index (χ4v) is 5.58. The second-order valence-corrected chi connectivity index (χ2v) is 9.21. The van der Waals surface area contributed by atoms with Gasteiger partial charge in [0.05, 0.1) is 11.6 Å². The van der Waals surface area contributed by atoms with E-state index in [0.29, 0.717) is 9.99 Å². The second-order valence-electron chi connectivity index (χ2n) is 5.93. The van der Waals surface area contributed by atoms with E-state index in [9.17, 15) is 13.2 Å². The minimum Gasteiger partial charge on any atom is -0.408 e. The van der Waals surface area contributed by atoms with Gasteiger partial charge in [-0.25, -0.2) is 18.2 Å². The summed E-state index contributed by atoms with van der Waals surface area (Å²) >= 11 is 4.22. The molecule has 1 atom stereocenters. The first-order valence-electron chi connectivity index (χ1n) is 8.06. The molecular weight excluding hydrogens is 468 g/mol. The van der Waals surface area contributed by atoms with Gasteiger partial charge in [0.2, 0.25) is 5.13 Å². The van der Waals surface area contributed by atoms with Crippen molar-refractivity contribution in [2.24, 2.45) is 0 Å². The lowest BCUT2D eigenvalue weighted by molar-refractivity contribution is 0.489. The predicted octanol–water partition coefficient (Wildman–Crippen LogP) is 3.62. The molecule has 0 spiro atoms. The van der Waals surface area contributed by atoms with Crippen molar-refractivity contribution in [1.29, 1.82) is 0 Å². The molecule has 0 radical (unpaired) electrons. The largest absolute Gasteiger partial charge is 0.420 e. The molecular formula is C17H13BrN4O4S2. The van der Waals surface area contributed by atoms with E-state index in [0.717, 1.165) is 17.1 Å². The van der Waals surface area contributed by atoms with E-state index in [1.165, 1.54) is 17.0 Å². The maximum Gasteiger partial charge on any atom is 0.420 e. The molecule has 144 valence electrons. The molecule has 2 aromatic carbocycles. The summed E-state index contributed by atoms with van der Waals surface area (Å²) in [5, 5.41) is 0.142. The first kappa shape index (κ1) is 18.8. The van der Waals surface area contributed by atoms with Crippen molar-refractivity contribution in [3.63, 3.8) is 0 Å². The third-order valence-electron chi connectivity index (χ3n) is 4.21. The van der Waals surface area contributed by atoms with Gasteiger partial charge >= 0.3 is 5.76 Å². The van der Waals surface area contributed by atoms with Crippen LogP contribution in [0.1, 0.15) is 18.5 Å². The zero-order valence-electron chi connectivity index (χ0n) is 14.4. The van der Waals surface area contributed by atoms with Gasteiger partial charge in [0.1, 0.15) is 11.2 Å². The molecule has 4 aromatic rings. The fraction of sp³-hybridized carbons (Fsp3) is 0.118. The molecule has 1 N–H and O–H groups in total. The van der Waals surface area contributed by atoms with Crippen molar-refractivity contribution < 1.29 is 12.8 Å². The lowest BCUT2D eigenvalue weighted by Crippen LogP contribution is -2.19. The summed E-state index contributed by atoms with van der Waals surface area (Å²) in [4.78, 5) is 16.2. The normalized spacial score (nSPS) is 12.9. The third kappa shape index (κ3) is 3.36. The van der Waals surface area contributed by atoms with Crippen LogP contribution >= 0.6 is 27.5 Å². The maximum atomic E-state index is 12.7. The van der Waals surface area contributed by atoms with E-state index in [2.05, 4.69) is 30.0 Å². The highest BCUT2D eigenvalue weighted by Gasteiger charge is 2.24. The van der Waals surface area contributed by atoms with Crippen LogP contribution in [0.15, 0.2) is 67.4 Å². The van der Waals surface area contributed by atoms with E-state index >= 15 is 0 Å². The van der Waals surface area contributed by atoms with Crippen molar-refractivity contribution in [2.45, 2.75) is 17.9 Å². The standard InChI is InChI=1S/C17H13BrN4O4S2/c1-10(11-5-3-2-4-6-11)22-13-7-12(18)15(8-14(13)26-17(22)23)28(24,25)21-16-19-9-20-27-16/h2-10H,1H3,(H,19,20,21). The molecule has 28 heavy (non-hydrogen) atoms. The van der Waals surface area contributed by atoms with Crippen LogP contribution in [0.2, 0.25) is 0 Å². The van der Waals surface area contributed by atoms with Gasteiger partial charge in [0, 0.05) is 22.1 Å². The molecule has 0 fully saturated rings. The van der Waals surface area contributed by atoms with Gasteiger partial charge in [-0.1, -0.05) is 30.3 Å². The highest BCUT2D eigenvalue weighted by Crippen LogP contribution is 2.31. The molecule has 1 unspecified atom stereocenters. The molecule has 0 aliphatic carbocycles. The number of rotatable bonds is 5. The van der Waals surface area contributed by atoms with E-state index in [1.54, 1.807) is 6.07 Å². The lowest BCUT2D eigenvalue weighted by Gasteiger charge is -2.13. The number of anilines is 1. The molecule has 0 saturated carbocycles. The Morgan fingerprint density at radius 3 is 2.68 bits per heavy atom. The number of hydrogen-bond donors (Lipinski definition) is 1. The van der Waals surface area contributed by atoms with Gasteiger partial charge in [-0.2, -0.15) is 4.37 Å². The molecule has 0 aliphatic heterocycles. The Bertz CT molecular complexity index is 1300. The number of aromatic nitrogens is 3. The third-order valence-corrected chi connectivity index (χ3v) is 7.22. The number of nitrogens with one attached hydrogen (secondary N) is 1. The molecule has 0 amide bonds. The number of halogens is 1. The number of benzene rings is 2. The molecule has 2 aromatic heterocycles. The zero-order chi connectivity index (χ0) is 19.9. The molecule has 0 bridgehead atoms. The summed E-state index contributed by atoms with van der Waals surface area (Å²) in [6.45, 7) is 1.88. The minimum atomic E-state index is -3.94. The van der Waals surface area contributed by atoms with Gasteiger partial charge in [0.25, 0.3) is 10.0 Å². The molecule has 4 rings (SSSR count). The van der Waals surface area contributed by atoms with Crippen LogP contribution in [0.25, 0.3) is 11.1 Å². The molecule has 8 nitrogen and oxygen atoms in total. The average Bonchev–Trinajstić information content (AvgIpc) is 3.27. The van der Waals surface area contributed by atoms with E-state index < -0.39 is 15.8 Å². The lowest BCUT2D eigenvalue weighted by atomic mass is 10.1. The topological polar surface area (TPSA) is 107 Å². The number of fused-ring (bicyclic) bond motifs is 1. The van der Waals surface area contributed by atoms with Crippen molar-refractivity contribution >= 4 is 53.7 Å². The van der Waals surface area contributed by atoms with Crippen LogP contribution in [0.5, 0.6) is 0 Å². The Morgan fingerprint density at radius 1 is 1.25 bits per heavy atom. The average molecular weight is 481 g/mol. The summed E-state index contributed by atoms with van der Waals surface area (Å²) in [6, 6.07) is 12.1. The van der Waals surface area contributed by atoms with Crippen LogP contribution in [0.3, 0.4) is 0 Å². The van der Waals surface area contributed by atoms with Crippen LogP contribution in [-0.2, 0) is 10.0 Å². The fourth-order valence-electron chi connectivity index (χ4n) is 2.88. The Balaban J connectivity index is 1.82.